The summed E-state index contributed by atoms with van der Waals surface area (Å²) in [6.07, 6.45) is 6.52. The summed E-state index contributed by atoms with van der Waals surface area (Å²) < 4.78 is 23.9. The van der Waals surface area contributed by atoms with Gasteiger partial charge in [0, 0.05) is 95.3 Å². The fraction of sp³-hybridized carbons (Fsp3) is 0.360. The van der Waals surface area contributed by atoms with Crippen molar-refractivity contribution >= 4 is 190 Å². The number of carboxylic acid groups (broad SMARTS) is 1. The lowest BCUT2D eigenvalue weighted by atomic mass is 10.1. The standard InChI is InChI=1S/2C12H14O2S2.C12H14OS2.C11H12O2S2.C10H12N2S2.C9H10OS.C9H8OS.BrH/c1-9(13)8-15-11-6-7-16(14)12-5-3-2-4-10(11)12;1-9(13)8-16(14)12-6-7-15-11-5-3-2-4-10(11)12;1-9(13)8-15-12-6-7-14-11-5-3-2-4-10(11)12;12-11(13)7-15-10-5-6-14-9-4-2-1-3-8(9)10;11-10(12)14-9-5-6-13-8-4-2-1-3-7(8)9;2*10-8-5-6-11-9-4-2-1-3-7(8)9;/h2-5,11H,6-8H2,1H3;2-5,12H,6-8H2,1H3;2-5,12H,6-8H2,1H3;1-4,10H,5-7H2,(H,12,13);1-4,9H,5-6H2,(H3,11,12);1-4,8,10H,5-6H2;1-4H,5-6H2;1H. The number of amidine groups is 1. The van der Waals surface area contributed by atoms with E-state index in [1.54, 1.807) is 49.1 Å². The van der Waals surface area contributed by atoms with E-state index in [2.05, 4.69) is 72.8 Å². The molecule has 0 amide bonds. The quantitative estimate of drug-likeness (QED) is 0.0625. The van der Waals surface area contributed by atoms with E-state index in [0.29, 0.717) is 50.5 Å². The zero-order valence-corrected chi connectivity index (χ0v) is 67.0. The summed E-state index contributed by atoms with van der Waals surface area (Å²) in [5, 5.41) is 27.4. The van der Waals surface area contributed by atoms with Crippen LogP contribution in [-0.4, -0.2) is 116 Å². The minimum atomic E-state index is -1.06. The third-order valence-corrected chi connectivity index (χ3v) is 30.9. The fourth-order valence-corrected chi connectivity index (χ4v) is 25.9. The molecule has 7 aromatic carbocycles. The highest BCUT2D eigenvalue weighted by molar-refractivity contribution is 8.93. The smallest absolute Gasteiger partial charge is 0.313 e. The number of halogens is 1. The molecule has 7 aliphatic heterocycles. The van der Waals surface area contributed by atoms with Crippen LogP contribution in [0.1, 0.15) is 142 Å². The second kappa shape index (κ2) is 44.3. The van der Waals surface area contributed by atoms with Crippen LogP contribution in [0, 0.1) is 5.41 Å². The molecule has 7 aromatic rings. The van der Waals surface area contributed by atoms with Gasteiger partial charge in [0.1, 0.15) is 17.3 Å². The van der Waals surface area contributed by atoms with Gasteiger partial charge in [-0.3, -0.25) is 37.8 Å². The summed E-state index contributed by atoms with van der Waals surface area (Å²) in [5.74, 6) is 8.70. The largest absolute Gasteiger partial charge is 0.481 e. The molecule has 14 rings (SSSR count). The number of Topliss-reactive ketones (excluding diaryl/α,β-unsaturated/α-hetero) is 4. The van der Waals surface area contributed by atoms with Crippen LogP contribution in [0.4, 0.5) is 0 Å². The maximum absolute atomic E-state index is 12.1. The van der Waals surface area contributed by atoms with E-state index in [9.17, 15) is 37.5 Å². The molecule has 5 N–H and O–H groups in total. The highest BCUT2D eigenvalue weighted by Gasteiger charge is 2.29. The summed E-state index contributed by atoms with van der Waals surface area (Å²) in [4.78, 5) is 63.4. The van der Waals surface area contributed by atoms with Crippen LogP contribution in [0.5, 0.6) is 0 Å². The normalized spacial score (nSPS) is 20.4. The number of carboxylic acids is 1. The van der Waals surface area contributed by atoms with Crippen LogP contribution < -0.4 is 5.73 Å². The summed E-state index contributed by atoms with van der Waals surface area (Å²) >= 11 is 17.6. The van der Waals surface area contributed by atoms with Crippen molar-refractivity contribution in [2.45, 2.75) is 132 Å². The van der Waals surface area contributed by atoms with E-state index in [1.807, 2.05) is 156 Å². The first-order chi connectivity index (χ1) is 47.4. The fourth-order valence-electron chi connectivity index (χ4n) is 11.2. The average Bonchev–Trinajstić information content (AvgIpc) is 0.850. The van der Waals surface area contributed by atoms with E-state index in [-0.39, 0.29) is 62.4 Å². The summed E-state index contributed by atoms with van der Waals surface area (Å²) in [6.45, 7) is 4.78. The van der Waals surface area contributed by atoms with E-state index in [4.69, 9.17) is 16.2 Å². The Balaban J connectivity index is 0.000000163. The van der Waals surface area contributed by atoms with Crippen molar-refractivity contribution in [3.8, 4) is 0 Å². The van der Waals surface area contributed by atoms with Crippen LogP contribution in [0.25, 0.3) is 0 Å². The van der Waals surface area contributed by atoms with Gasteiger partial charge in [0.15, 0.2) is 11.0 Å². The zero-order chi connectivity index (χ0) is 69.8. The van der Waals surface area contributed by atoms with Gasteiger partial charge in [0.05, 0.1) is 45.2 Å². The zero-order valence-electron chi connectivity index (χ0n) is 55.5. The van der Waals surface area contributed by atoms with Gasteiger partial charge in [-0.25, -0.2) is 0 Å². The summed E-state index contributed by atoms with van der Waals surface area (Å²) in [6, 6.07) is 57.1. The van der Waals surface area contributed by atoms with Crippen molar-refractivity contribution in [1.29, 1.82) is 5.41 Å². The van der Waals surface area contributed by atoms with Crippen molar-refractivity contribution in [3.05, 3.63) is 209 Å². The number of nitrogens with two attached hydrogens (primary N) is 1. The minimum absolute atomic E-state index is 0. The number of aliphatic carboxylic acids is 1. The predicted molar refractivity (Wildman–Crippen MR) is 436 cm³/mol. The van der Waals surface area contributed by atoms with Gasteiger partial charge in [0.25, 0.3) is 0 Å². The Kier molecular flexibility index (Phi) is 37.0. The number of hydrogen-bond donors (Lipinski definition) is 4. The van der Waals surface area contributed by atoms with E-state index in [0.717, 1.165) is 92.9 Å². The number of hydrogen-bond acceptors (Lipinski definition) is 19. The first-order valence-electron chi connectivity index (χ1n) is 32.4. The van der Waals surface area contributed by atoms with Crippen LogP contribution in [-0.2, 0) is 40.8 Å². The Bertz CT molecular complexity index is 3810. The van der Waals surface area contributed by atoms with Gasteiger partial charge in [-0.1, -0.05) is 139 Å². The highest BCUT2D eigenvalue weighted by atomic mass is 79.9. The molecule has 11 nitrogen and oxygen atoms in total. The van der Waals surface area contributed by atoms with Gasteiger partial charge in [-0.2, -0.15) is 0 Å². The highest BCUT2D eigenvalue weighted by Crippen LogP contribution is 2.47. The molecule has 0 saturated heterocycles. The molecule has 0 radical (unpaired) electrons. The molecule has 7 heterocycles. The molecular weight excluding hydrogens is 1540 g/mol. The molecule has 8 atom stereocenters. The molecule has 528 valence electrons. The molecule has 99 heavy (non-hydrogen) atoms. The first-order valence-corrected chi connectivity index (χ1v) is 45.0. The molecular formula is C75H85BrN2O9S12. The molecule has 0 fully saturated rings. The number of fused-ring (bicyclic) bond motifs is 7. The lowest BCUT2D eigenvalue weighted by molar-refractivity contribution is -0.134. The molecule has 0 bridgehead atoms. The molecule has 7 aliphatic rings. The minimum Gasteiger partial charge on any atom is -0.481 e. The van der Waals surface area contributed by atoms with Gasteiger partial charge >= 0.3 is 5.97 Å². The van der Waals surface area contributed by atoms with E-state index in [1.165, 1.54) is 83.8 Å². The van der Waals surface area contributed by atoms with Crippen molar-refractivity contribution in [3.63, 3.8) is 0 Å². The lowest BCUT2D eigenvalue weighted by Crippen LogP contribution is -2.18. The molecule has 8 unspecified atom stereocenters. The summed E-state index contributed by atoms with van der Waals surface area (Å²) in [7, 11) is -1.91. The molecule has 0 aliphatic carbocycles. The van der Waals surface area contributed by atoms with Crippen molar-refractivity contribution < 1.29 is 42.6 Å². The second-order valence-electron chi connectivity index (χ2n) is 23.2. The average molecular weight is 1620 g/mol. The number of carbonyl (C=O) groups is 5. The van der Waals surface area contributed by atoms with Gasteiger partial charge in [-0.05, 0) is 158 Å². The monoisotopic (exact) mass is 1620 g/mol. The van der Waals surface area contributed by atoms with Crippen LogP contribution in [0.3, 0.4) is 0 Å². The molecule has 0 saturated carbocycles. The predicted octanol–water partition coefficient (Wildman–Crippen LogP) is 19.7. The van der Waals surface area contributed by atoms with Crippen molar-refractivity contribution in [2.24, 2.45) is 5.73 Å². The number of rotatable bonds is 13. The Morgan fingerprint density at radius 2 is 0.879 bits per heavy atom. The Morgan fingerprint density at radius 3 is 1.36 bits per heavy atom. The van der Waals surface area contributed by atoms with E-state index < -0.39 is 27.6 Å². The molecule has 24 heteroatoms. The van der Waals surface area contributed by atoms with Crippen LogP contribution >= 0.6 is 135 Å². The van der Waals surface area contributed by atoms with Gasteiger partial charge < -0.3 is 15.9 Å². The number of aliphatic hydroxyl groups is 1. The van der Waals surface area contributed by atoms with Crippen LogP contribution in [0.15, 0.2) is 204 Å². The van der Waals surface area contributed by atoms with E-state index >= 15 is 0 Å². The topological polar surface area (TPSA) is 210 Å². The third-order valence-electron chi connectivity index (χ3n) is 15.7. The number of nitrogens with one attached hydrogen (secondary N) is 1. The third kappa shape index (κ3) is 26.8. The maximum atomic E-state index is 12.1. The number of thioether (sulfide) groups is 10. The SMILES string of the molecule is Br.CC(=O)CS(=O)C1CCSc2ccccc21.CC(=O)CSC1CCS(=O)c2ccccc21.CC(=O)CSC1CCSc2ccccc21.N=C(N)SC1CCSc2ccccc21.O=C(O)CSC1CCSc2ccccc21.O=C1CCSc2ccccc21.OC1CCSc2ccccc21. The van der Waals surface area contributed by atoms with Crippen molar-refractivity contribution in [1.82, 2.24) is 0 Å². The summed E-state index contributed by atoms with van der Waals surface area (Å²) in [5.41, 5.74) is 13.8. The number of ketones is 4. The Hall–Kier alpha value is -3.60. The number of aliphatic hydroxyl groups excluding tert-OH is 1. The number of carbonyl (C=O) groups excluding carboxylic acids is 4. The van der Waals surface area contributed by atoms with Crippen LogP contribution in [0.2, 0.25) is 0 Å². The molecule has 0 aromatic heterocycles. The maximum Gasteiger partial charge on any atom is 0.313 e. The van der Waals surface area contributed by atoms with Gasteiger partial charge in [0.2, 0.25) is 0 Å². The molecule has 0 spiro atoms. The van der Waals surface area contributed by atoms with Crippen molar-refractivity contribution in [2.75, 3.05) is 63.3 Å². The van der Waals surface area contributed by atoms with Gasteiger partial charge in [-0.15, -0.1) is 123 Å². The lowest BCUT2D eigenvalue weighted by Gasteiger charge is -2.24. The Labute approximate surface area is 642 Å². The second-order valence-corrected chi connectivity index (χ2v) is 38.0. The first kappa shape index (κ1) is 82.7. The Morgan fingerprint density at radius 1 is 0.495 bits per heavy atom. The number of benzene rings is 7.